The van der Waals surface area contributed by atoms with Crippen molar-refractivity contribution in [2.75, 3.05) is 13.1 Å². The van der Waals surface area contributed by atoms with Crippen molar-refractivity contribution in [3.63, 3.8) is 0 Å². The summed E-state index contributed by atoms with van der Waals surface area (Å²) in [7, 11) is 0. The Labute approximate surface area is 188 Å². The minimum atomic E-state index is -3.05. The molecule has 0 spiro atoms. The maximum Gasteiger partial charge on any atom is 0.287 e. The quantitative estimate of drug-likeness (QED) is 0.389. The lowest BCUT2D eigenvalue weighted by atomic mass is 10.0. The Balaban J connectivity index is 1.36. The topological polar surface area (TPSA) is 42.4 Å². The number of thiophene rings is 1. The van der Waals surface area contributed by atoms with E-state index in [-0.39, 0.29) is 24.9 Å². The number of benzene rings is 2. The fourth-order valence-electron chi connectivity index (χ4n) is 3.87. The molecule has 32 heavy (non-hydrogen) atoms. The minimum absolute atomic E-state index is 0.0277. The highest BCUT2D eigenvalue weighted by molar-refractivity contribution is 7.13. The number of rotatable bonds is 4. The Morgan fingerprint density at radius 1 is 1.06 bits per heavy atom. The molecule has 0 bridgehead atoms. The largest absolute Gasteiger partial charge is 0.466 e. The number of pyridine rings is 1. The van der Waals surface area contributed by atoms with Gasteiger partial charge in [0.15, 0.2) is 6.10 Å². The summed E-state index contributed by atoms with van der Waals surface area (Å²) in [5.41, 5.74) is 2.08. The van der Waals surface area contributed by atoms with Crippen LogP contribution < -0.4 is 4.74 Å². The first-order valence-corrected chi connectivity index (χ1v) is 11.2. The number of hydrogen-bond acceptors (Lipinski definition) is 4. The monoisotopic (exact) mass is 450 g/mol. The average Bonchev–Trinajstić information content (AvgIpc) is 3.35. The highest BCUT2D eigenvalue weighted by atomic mass is 32.1. The van der Waals surface area contributed by atoms with Crippen LogP contribution in [0.2, 0.25) is 0 Å². The number of para-hydroxylation sites is 1. The first-order valence-electron chi connectivity index (χ1n) is 10.3. The van der Waals surface area contributed by atoms with Gasteiger partial charge in [-0.2, -0.15) is 0 Å². The summed E-state index contributed by atoms with van der Waals surface area (Å²) in [5, 5.41) is 2.87. The molecule has 2 aromatic carbocycles. The second kappa shape index (κ2) is 8.31. The van der Waals surface area contributed by atoms with Gasteiger partial charge >= 0.3 is 0 Å². The van der Waals surface area contributed by atoms with E-state index in [1.54, 1.807) is 35.6 Å². The van der Waals surface area contributed by atoms with Crippen LogP contribution in [0.4, 0.5) is 8.78 Å². The molecule has 2 aromatic heterocycles. The van der Waals surface area contributed by atoms with Crippen LogP contribution in [0.3, 0.4) is 0 Å². The number of likely N-dealkylation sites (tertiary alicyclic amines) is 1. The van der Waals surface area contributed by atoms with E-state index in [1.807, 2.05) is 53.9 Å². The summed E-state index contributed by atoms with van der Waals surface area (Å²) in [4.78, 5) is 20.0. The molecule has 162 valence electrons. The van der Waals surface area contributed by atoms with Crippen molar-refractivity contribution in [3.8, 4) is 16.3 Å². The van der Waals surface area contributed by atoms with Crippen molar-refractivity contribution in [3.05, 3.63) is 83.7 Å². The molecule has 3 heterocycles. The fraction of sp³-hybridized carbons (Fsp3) is 0.200. The van der Waals surface area contributed by atoms with Gasteiger partial charge in [0.2, 0.25) is 5.88 Å². The van der Waals surface area contributed by atoms with Gasteiger partial charge in [-0.3, -0.25) is 4.79 Å². The third kappa shape index (κ3) is 4.08. The number of aromatic nitrogens is 1. The van der Waals surface area contributed by atoms with E-state index in [9.17, 15) is 13.6 Å². The number of carbonyl (C=O) groups is 1. The molecule has 1 amide bonds. The fourth-order valence-corrected chi connectivity index (χ4v) is 4.59. The Hall–Kier alpha value is -3.32. The van der Waals surface area contributed by atoms with Gasteiger partial charge in [-0.25, -0.2) is 13.8 Å². The van der Waals surface area contributed by atoms with E-state index in [0.29, 0.717) is 11.1 Å². The molecule has 1 aliphatic heterocycles. The van der Waals surface area contributed by atoms with Gasteiger partial charge in [-0.1, -0.05) is 36.4 Å². The van der Waals surface area contributed by atoms with Gasteiger partial charge in [0.05, 0.1) is 12.1 Å². The van der Waals surface area contributed by atoms with Gasteiger partial charge < -0.3 is 9.64 Å². The second-order valence-corrected chi connectivity index (χ2v) is 8.72. The van der Waals surface area contributed by atoms with Crippen LogP contribution in [0, 0.1) is 0 Å². The maximum absolute atomic E-state index is 14.7. The van der Waals surface area contributed by atoms with E-state index >= 15 is 0 Å². The molecule has 1 aliphatic rings. The third-order valence-electron chi connectivity index (χ3n) is 5.61. The predicted octanol–water partition coefficient (Wildman–Crippen LogP) is 5.89. The van der Waals surface area contributed by atoms with Crippen LogP contribution in [0.1, 0.15) is 16.8 Å². The molecule has 7 heteroatoms. The molecule has 1 unspecified atom stereocenters. The molecular weight excluding hydrogens is 430 g/mol. The molecule has 0 radical (unpaired) electrons. The van der Waals surface area contributed by atoms with Gasteiger partial charge in [0.25, 0.3) is 11.8 Å². The molecule has 1 saturated heterocycles. The van der Waals surface area contributed by atoms with E-state index in [0.717, 1.165) is 15.8 Å². The summed E-state index contributed by atoms with van der Waals surface area (Å²) in [6.45, 7) is -0.232. The van der Waals surface area contributed by atoms with Crippen LogP contribution in [0.15, 0.2) is 78.2 Å². The summed E-state index contributed by atoms with van der Waals surface area (Å²) in [6.07, 6.45) is -1.92. The standard InChI is InChI=1S/C25H20F2N2O2S/c26-25(27)12-13-29(24(30)19-7-3-6-18(15-19)21-9-4-14-32-21)16-22(25)31-23-11-10-17-5-1-2-8-20(17)28-23/h1-11,14-15,22H,12-13,16H2. The van der Waals surface area contributed by atoms with Crippen molar-refractivity contribution in [1.29, 1.82) is 0 Å². The van der Waals surface area contributed by atoms with Gasteiger partial charge in [-0.05, 0) is 41.3 Å². The molecule has 1 atom stereocenters. The average molecular weight is 451 g/mol. The van der Waals surface area contributed by atoms with Crippen LogP contribution in [0.25, 0.3) is 21.3 Å². The molecule has 4 nitrogen and oxygen atoms in total. The highest BCUT2D eigenvalue weighted by Crippen LogP contribution is 2.33. The Bertz CT molecular complexity index is 1260. The van der Waals surface area contributed by atoms with Gasteiger partial charge in [0, 0.05) is 34.9 Å². The van der Waals surface area contributed by atoms with Crippen LogP contribution in [-0.4, -0.2) is 40.9 Å². The number of halogens is 2. The molecule has 1 fully saturated rings. The summed E-state index contributed by atoms with van der Waals surface area (Å²) < 4.78 is 35.0. The lowest BCUT2D eigenvalue weighted by Gasteiger charge is -2.38. The zero-order chi connectivity index (χ0) is 22.1. The van der Waals surface area contributed by atoms with Gasteiger partial charge in [0.1, 0.15) is 0 Å². The van der Waals surface area contributed by atoms with Crippen molar-refractivity contribution in [1.82, 2.24) is 9.88 Å². The number of nitrogens with zero attached hydrogens (tertiary/aromatic N) is 2. The number of carbonyl (C=O) groups excluding carboxylic acids is 1. The Morgan fingerprint density at radius 3 is 2.78 bits per heavy atom. The number of ether oxygens (including phenoxy) is 1. The first kappa shape index (κ1) is 20.6. The molecule has 5 rings (SSSR count). The number of alkyl halides is 2. The summed E-state index contributed by atoms with van der Waals surface area (Å²) >= 11 is 1.58. The Morgan fingerprint density at radius 2 is 1.94 bits per heavy atom. The normalized spacial score (nSPS) is 17.9. The van der Waals surface area contributed by atoms with Crippen LogP contribution >= 0.6 is 11.3 Å². The van der Waals surface area contributed by atoms with Gasteiger partial charge in [-0.15, -0.1) is 11.3 Å². The van der Waals surface area contributed by atoms with Crippen molar-refractivity contribution < 1.29 is 18.3 Å². The second-order valence-electron chi connectivity index (χ2n) is 7.77. The lowest BCUT2D eigenvalue weighted by molar-refractivity contribution is -0.131. The van der Waals surface area contributed by atoms with E-state index in [1.165, 1.54) is 4.90 Å². The van der Waals surface area contributed by atoms with Crippen molar-refractivity contribution >= 4 is 28.1 Å². The molecular formula is C25H20F2N2O2S. The summed E-state index contributed by atoms with van der Waals surface area (Å²) in [5.74, 6) is -3.20. The lowest BCUT2D eigenvalue weighted by Crippen LogP contribution is -2.55. The first-order chi connectivity index (χ1) is 15.5. The third-order valence-corrected chi connectivity index (χ3v) is 6.53. The molecule has 0 N–H and O–H groups in total. The maximum atomic E-state index is 14.7. The highest BCUT2D eigenvalue weighted by Gasteiger charge is 2.47. The van der Waals surface area contributed by atoms with E-state index < -0.39 is 18.4 Å². The van der Waals surface area contributed by atoms with Crippen LogP contribution in [-0.2, 0) is 0 Å². The van der Waals surface area contributed by atoms with E-state index in [4.69, 9.17) is 4.74 Å². The molecule has 0 saturated carbocycles. The zero-order valence-electron chi connectivity index (χ0n) is 17.1. The molecule has 4 aromatic rings. The van der Waals surface area contributed by atoms with Crippen molar-refractivity contribution in [2.45, 2.75) is 18.4 Å². The Kier molecular flexibility index (Phi) is 5.35. The predicted molar refractivity (Wildman–Crippen MR) is 121 cm³/mol. The smallest absolute Gasteiger partial charge is 0.287 e. The SMILES string of the molecule is O=C(c1cccc(-c2cccs2)c1)N1CCC(F)(F)C(Oc2ccc3ccccc3n2)C1. The molecule has 0 aliphatic carbocycles. The van der Waals surface area contributed by atoms with E-state index in [2.05, 4.69) is 4.98 Å². The zero-order valence-corrected chi connectivity index (χ0v) is 17.9. The number of piperidine rings is 1. The minimum Gasteiger partial charge on any atom is -0.466 e. The summed E-state index contributed by atoms with van der Waals surface area (Å²) in [6, 6.07) is 22.0. The van der Waals surface area contributed by atoms with Crippen molar-refractivity contribution in [2.24, 2.45) is 0 Å². The number of fused-ring (bicyclic) bond motifs is 1. The number of hydrogen-bond donors (Lipinski definition) is 0. The van der Waals surface area contributed by atoms with Crippen LogP contribution in [0.5, 0.6) is 5.88 Å². The number of amides is 1.